The second-order valence-electron chi connectivity index (χ2n) is 5.79. The Hall–Kier alpha value is -3.02. The summed E-state index contributed by atoms with van der Waals surface area (Å²) >= 11 is 0. The summed E-state index contributed by atoms with van der Waals surface area (Å²) in [6, 6.07) is 14.0. The van der Waals surface area contributed by atoms with Gasteiger partial charge < -0.3 is 5.32 Å². The number of nitrogens with one attached hydrogen (secondary N) is 1. The molecule has 4 rings (SSSR count). The molecule has 120 valence electrons. The fraction of sp³-hybridized carbons (Fsp3) is 0.167. The minimum atomic E-state index is -0.322. The van der Waals surface area contributed by atoms with Crippen molar-refractivity contribution >= 4 is 5.91 Å². The van der Waals surface area contributed by atoms with E-state index in [9.17, 15) is 9.18 Å². The Morgan fingerprint density at radius 3 is 2.79 bits per heavy atom. The predicted octanol–water partition coefficient (Wildman–Crippen LogP) is 2.82. The lowest BCUT2D eigenvalue weighted by Crippen LogP contribution is -2.27. The van der Waals surface area contributed by atoms with Crippen molar-refractivity contribution in [3.05, 3.63) is 77.4 Å². The topological polar surface area (TPSA) is 59.8 Å². The number of nitrogens with zero attached hydrogens (tertiary/aromatic N) is 3. The quantitative estimate of drug-likeness (QED) is 0.806. The first-order valence-corrected chi connectivity index (χ1v) is 7.78. The van der Waals surface area contributed by atoms with Crippen LogP contribution in [0.15, 0.2) is 54.7 Å². The highest BCUT2D eigenvalue weighted by atomic mass is 19.1. The van der Waals surface area contributed by atoms with E-state index in [0.717, 1.165) is 18.4 Å². The molecule has 0 saturated carbocycles. The monoisotopic (exact) mass is 322 g/mol. The highest BCUT2D eigenvalue weighted by Gasteiger charge is 2.24. The van der Waals surface area contributed by atoms with Gasteiger partial charge in [0.25, 0.3) is 5.91 Å². The van der Waals surface area contributed by atoms with Gasteiger partial charge in [-0.1, -0.05) is 29.5 Å². The van der Waals surface area contributed by atoms with Gasteiger partial charge in [-0.2, -0.15) is 0 Å². The third-order valence-corrected chi connectivity index (χ3v) is 4.26. The van der Waals surface area contributed by atoms with Gasteiger partial charge in [-0.05, 0) is 48.2 Å². The van der Waals surface area contributed by atoms with Crippen molar-refractivity contribution in [2.75, 3.05) is 0 Å². The molecule has 0 fully saturated rings. The Morgan fingerprint density at radius 1 is 1.17 bits per heavy atom. The summed E-state index contributed by atoms with van der Waals surface area (Å²) in [5.74, 6) is -0.582. The van der Waals surface area contributed by atoms with Crippen LogP contribution in [0.2, 0.25) is 0 Å². The van der Waals surface area contributed by atoms with Crippen LogP contribution in [0.5, 0.6) is 0 Å². The molecule has 24 heavy (non-hydrogen) atoms. The lowest BCUT2D eigenvalue weighted by molar-refractivity contribution is 0.0931. The van der Waals surface area contributed by atoms with Crippen LogP contribution in [-0.2, 0) is 6.42 Å². The second-order valence-corrected chi connectivity index (χ2v) is 5.79. The zero-order valence-electron chi connectivity index (χ0n) is 12.8. The third-order valence-electron chi connectivity index (χ3n) is 4.26. The van der Waals surface area contributed by atoms with E-state index in [-0.39, 0.29) is 23.5 Å². The van der Waals surface area contributed by atoms with Crippen LogP contribution in [0.3, 0.4) is 0 Å². The van der Waals surface area contributed by atoms with Crippen LogP contribution in [0.25, 0.3) is 5.69 Å². The molecule has 3 aromatic rings. The van der Waals surface area contributed by atoms with Gasteiger partial charge >= 0.3 is 0 Å². The van der Waals surface area contributed by atoms with Crippen LogP contribution in [0.1, 0.15) is 34.1 Å². The van der Waals surface area contributed by atoms with E-state index in [1.807, 2.05) is 18.2 Å². The lowest BCUT2D eigenvalue weighted by atomic mass is 10.1. The molecule has 5 nitrogen and oxygen atoms in total. The Balaban J connectivity index is 1.51. The lowest BCUT2D eigenvalue weighted by Gasteiger charge is -2.12. The van der Waals surface area contributed by atoms with Gasteiger partial charge in [0.05, 0.1) is 17.9 Å². The standard InChI is InChI=1S/C18H15FN4O/c19-13-6-8-14(9-7-13)23-11-17(21-22-23)18(24)20-16-10-5-12-3-1-2-4-15(12)16/h1-4,6-9,11,16H,5,10H2,(H,20,24)/t16-/m0/s1. The average molecular weight is 322 g/mol. The van der Waals surface area contributed by atoms with E-state index in [2.05, 4.69) is 21.7 Å². The number of benzene rings is 2. The van der Waals surface area contributed by atoms with Gasteiger partial charge in [-0.15, -0.1) is 5.10 Å². The summed E-state index contributed by atoms with van der Waals surface area (Å²) in [5.41, 5.74) is 3.33. The molecule has 1 heterocycles. The highest BCUT2D eigenvalue weighted by Crippen LogP contribution is 2.30. The number of hydrogen-bond donors (Lipinski definition) is 1. The highest BCUT2D eigenvalue weighted by molar-refractivity contribution is 5.92. The van der Waals surface area contributed by atoms with Crippen molar-refractivity contribution in [3.8, 4) is 5.69 Å². The summed E-state index contributed by atoms with van der Waals surface area (Å²) in [4.78, 5) is 12.4. The zero-order valence-corrected chi connectivity index (χ0v) is 12.8. The number of aryl methyl sites for hydroxylation is 1. The van der Waals surface area contributed by atoms with E-state index >= 15 is 0 Å². The molecule has 1 aliphatic rings. The average Bonchev–Trinajstić information content (AvgIpc) is 3.23. The van der Waals surface area contributed by atoms with Gasteiger partial charge in [0, 0.05) is 0 Å². The predicted molar refractivity (Wildman–Crippen MR) is 86.3 cm³/mol. The van der Waals surface area contributed by atoms with Gasteiger partial charge in [-0.3, -0.25) is 4.79 Å². The summed E-state index contributed by atoms with van der Waals surface area (Å²) in [6.07, 6.45) is 3.39. The molecule has 1 aliphatic carbocycles. The van der Waals surface area contributed by atoms with Crippen molar-refractivity contribution in [2.24, 2.45) is 0 Å². The molecule has 1 aromatic heterocycles. The van der Waals surface area contributed by atoms with Crippen molar-refractivity contribution in [1.29, 1.82) is 0 Å². The summed E-state index contributed by atoms with van der Waals surface area (Å²) in [5, 5.41) is 10.9. The SMILES string of the molecule is O=C(N[C@H]1CCc2ccccc21)c1cn(-c2ccc(F)cc2)nn1. The third kappa shape index (κ3) is 2.67. The first-order chi connectivity index (χ1) is 11.7. The van der Waals surface area contributed by atoms with E-state index in [1.165, 1.54) is 22.4 Å². The van der Waals surface area contributed by atoms with Gasteiger partial charge in [0.1, 0.15) is 5.82 Å². The fourth-order valence-electron chi connectivity index (χ4n) is 3.03. The number of fused-ring (bicyclic) bond motifs is 1. The van der Waals surface area contributed by atoms with Crippen molar-refractivity contribution in [1.82, 2.24) is 20.3 Å². The van der Waals surface area contributed by atoms with Crippen LogP contribution in [0, 0.1) is 5.82 Å². The maximum absolute atomic E-state index is 13.0. The molecule has 0 radical (unpaired) electrons. The van der Waals surface area contributed by atoms with Crippen molar-refractivity contribution in [3.63, 3.8) is 0 Å². The fourth-order valence-corrected chi connectivity index (χ4v) is 3.03. The van der Waals surface area contributed by atoms with Crippen LogP contribution in [-0.4, -0.2) is 20.9 Å². The maximum Gasteiger partial charge on any atom is 0.273 e. The van der Waals surface area contributed by atoms with Gasteiger partial charge in [0.2, 0.25) is 0 Å². The first-order valence-electron chi connectivity index (χ1n) is 7.78. The van der Waals surface area contributed by atoms with E-state index in [0.29, 0.717) is 5.69 Å². The van der Waals surface area contributed by atoms with Crippen LogP contribution >= 0.6 is 0 Å². The number of rotatable bonds is 3. The zero-order chi connectivity index (χ0) is 16.5. The van der Waals surface area contributed by atoms with E-state index in [1.54, 1.807) is 18.3 Å². The van der Waals surface area contributed by atoms with E-state index < -0.39 is 0 Å². The Kier molecular flexibility index (Phi) is 3.57. The maximum atomic E-state index is 13.0. The number of amides is 1. The van der Waals surface area contributed by atoms with Gasteiger partial charge in [-0.25, -0.2) is 9.07 Å². The van der Waals surface area contributed by atoms with E-state index in [4.69, 9.17) is 0 Å². The molecule has 0 spiro atoms. The minimum absolute atomic E-state index is 0.00433. The molecule has 0 saturated heterocycles. The number of halogens is 1. The van der Waals surface area contributed by atoms with Crippen molar-refractivity contribution in [2.45, 2.75) is 18.9 Å². The normalized spacial score (nSPS) is 16.0. The molecular weight excluding hydrogens is 307 g/mol. The number of carbonyl (C=O) groups excluding carboxylic acids is 1. The first kappa shape index (κ1) is 14.6. The molecule has 6 heteroatoms. The largest absolute Gasteiger partial charge is 0.344 e. The molecule has 2 aromatic carbocycles. The molecule has 1 N–H and O–H groups in total. The van der Waals surface area contributed by atoms with Crippen LogP contribution < -0.4 is 5.32 Å². The summed E-state index contributed by atoms with van der Waals surface area (Å²) < 4.78 is 14.4. The van der Waals surface area contributed by atoms with Gasteiger partial charge in [0.15, 0.2) is 5.69 Å². The van der Waals surface area contributed by atoms with Crippen molar-refractivity contribution < 1.29 is 9.18 Å². The number of hydrogen-bond acceptors (Lipinski definition) is 3. The number of carbonyl (C=O) groups is 1. The summed E-state index contributed by atoms with van der Waals surface area (Å²) in [6.45, 7) is 0. The number of aromatic nitrogens is 3. The van der Waals surface area contributed by atoms with Crippen LogP contribution in [0.4, 0.5) is 4.39 Å². The Bertz CT molecular complexity index is 888. The molecule has 1 atom stereocenters. The minimum Gasteiger partial charge on any atom is -0.344 e. The second kappa shape index (κ2) is 5.88. The summed E-state index contributed by atoms with van der Waals surface area (Å²) in [7, 11) is 0. The molecular formula is C18H15FN4O. The Morgan fingerprint density at radius 2 is 1.96 bits per heavy atom. The smallest absolute Gasteiger partial charge is 0.273 e. The molecule has 0 bridgehead atoms. The molecule has 0 unspecified atom stereocenters. The molecule has 0 aliphatic heterocycles. The molecule has 1 amide bonds. The Labute approximate surface area is 138 Å².